The summed E-state index contributed by atoms with van der Waals surface area (Å²) < 4.78 is 45.5. The van der Waals surface area contributed by atoms with E-state index < -0.39 is 11.9 Å². The van der Waals surface area contributed by atoms with Crippen LogP contribution < -0.4 is 5.32 Å². The molecule has 0 aliphatic heterocycles. The fourth-order valence-electron chi connectivity index (χ4n) is 3.31. The van der Waals surface area contributed by atoms with E-state index >= 15 is 0 Å². The zero-order chi connectivity index (χ0) is 23.0. The SMILES string of the molecule is O=C(Nc1ccc(-c2cnn(-c3nccc4nc(C(F)(F)F)ccc34)c2)cc1)c1ccco1. The minimum atomic E-state index is -4.53. The van der Waals surface area contributed by atoms with E-state index in [4.69, 9.17) is 4.42 Å². The summed E-state index contributed by atoms with van der Waals surface area (Å²) in [5, 5.41) is 7.49. The molecule has 0 atom stereocenters. The van der Waals surface area contributed by atoms with Crippen molar-refractivity contribution in [3.05, 3.63) is 90.9 Å². The molecule has 5 aromatic rings. The van der Waals surface area contributed by atoms with Crippen molar-refractivity contribution in [3.63, 3.8) is 0 Å². The van der Waals surface area contributed by atoms with Gasteiger partial charge in [-0.15, -0.1) is 0 Å². The van der Waals surface area contributed by atoms with Gasteiger partial charge < -0.3 is 9.73 Å². The Morgan fingerprint density at radius 1 is 1.00 bits per heavy atom. The quantitative estimate of drug-likeness (QED) is 0.400. The molecule has 5 rings (SSSR count). The minimum Gasteiger partial charge on any atom is -0.459 e. The van der Waals surface area contributed by atoms with Gasteiger partial charge >= 0.3 is 6.18 Å². The van der Waals surface area contributed by atoms with Crippen LogP contribution in [-0.2, 0) is 6.18 Å². The third-order valence-corrected chi connectivity index (χ3v) is 4.91. The Morgan fingerprint density at radius 2 is 1.82 bits per heavy atom. The Labute approximate surface area is 184 Å². The third kappa shape index (κ3) is 4.05. The Balaban J connectivity index is 1.40. The molecule has 0 bridgehead atoms. The molecule has 1 N–H and O–H groups in total. The number of carbonyl (C=O) groups is 1. The fraction of sp³-hybridized carbons (Fsp3) is 0.0435. The highest BCUT2D eigenvalue weighted by molar-refractivity contribution is 6.02. The van der Waals surface area contributed by atoms with Crippen LogP contribution in [0.3, 0.4) is 0 Å². The molecule has 0 aliphatic rings. The number of fused-ring (bicyclic) bond motifs is 1. The topological polar surface area (TPSA) is 85.8 Å². The molecular formula is C23H14F3N5O2. The van der Waals surface area contributed by atoms with Crippen molar-refractivity contribution in [2.75, 3.05) is 5.32 Å². The maximum Gasteiger partial charge on any atom is 0.433 e. The second-order valence-electron chi connectivity index (χ2n) is 7.08. The molecule has 0 radical (unpaired) electrons. The number of carbonyl (C=O) groups excluding carboxylic acids is 1. The zero-order valence-electron chi connectivity index (χ0n) is 16.7. The summed E-state index contributed by atoms with van der Waals surface area (Å²) in [6, 6.07) is 14.0. The van der Waals surface area contributed by atoms with Gasteiger partial charge in [0.2, 0.25) is 0 Å². The summed E-state index contributed by atoms with van der Waals surface area (Å²) in [7, 11) is 0. The van der Waals surface area contributed by atoms with Gasteiger partial charge in [-0.1, -0.05) is 12.1 Å². The number of pyridine rings is 2. The van der Waals surface area contributed by atoms with E-state index in [1.54, 1.807) is 36.7 Å². The van der Waals surface area contributed by atoms with E-state index in [1.807, 2.05) is 12.1 Å². The third-order valence-electron chi connectivity index (χ3n) is 4.91. The monoisotopic (exact) mass is 449 g/mol. The summed E-state index contributed by atoms with van der Waals surface area (Å²) in [5.41, 5.74) is 1.39. The first-order chi connectivity index (χ1) is 15.9. The lowest BCUT2D eigenvalue weighted by atomic mass is 10.1. The summed E-state index contributed by atoms with van der Waals surface area (Å²) in [6.07, 6.45) is 1.62. The van der Waals surface area contributed by atoms with Crippen molar-refractivity contribution in [2.45, 2.75) is 6.18 Å². The first-order valence-electron chi connectivity index (χ1n) is 9.72. The molecule has 0 unspecified atom stereocenters. The van der Waals surface area contributed by atoms with E-state index in [2.05, 4.69) is 20.4 Å². The molecule has 1 amide bonds. The molecule has 4 aromatic heterocycles. The number of aromatic nitrogens is 4. The second kappa shape index (κ2) is 7.90. The van der Waals surface area contributed by atoms with Gasteiger partial charge in [0.1, 0.15) is 5.69 Å². The van der Waals surface area contributed by atoms with E-state index in [9.17, 15) is 18.0 Å². The predicted octanol–water partition coefficient (Wildman–Crippen LogP) is 5.35. The number of rotatable bonds is 4. The van der Waals surface area contributed by atoms with Crippen LogP contribution in [0, 0.1) is 0 Å². The molecule has 0 saturated carbocycles. The lowest BCUT2D eigenvalue weighted by Gasteiger charge is -2.09. The van der Waals surface area contributed by atoms with E-state index in [0.29, 0.717) is 16.9 Å². The molecule has 0 fully saturated rings. The summed E-state index contributed by atoms with van der Waals surface area (Å²) in [6.45, 7) is 0. The van der Waals surface area contributed by atoms with Crippen molar-refractivity contribution in [2.24, 2.45) is 0 Å². The Kier molecular flexibility index (Phi) is 4.89. The minimum absolute atomic E-state index is 0.170. The van der Waals surface area contributed by atoms with Crippen LogP contribution in [0.4, 0.5) is 18.9 Å². The van der Waals surface area contributed by atoms with Crippen molar-refractivity contribution in [1.82, 2.24) is 19.7 Å². The Morgan fingerprint density at radius 3 is 2.55 bits per heavy atom. The number of nitrogens with one attached hydrogen (secondary N) is 1. The van der Waals surface area contributed by atoms with Crippen LogP contribution in [0.25, 0.3) is 27.8 Å². The Hall–Kier alpha value is -4.47. The van der Waals surface area contributed by atoms with Crippen LogP contribution in [0.2, 0.25) is 0 Å². The smallest absolute Gasteiger partial charge is 0.433 e. The molecule has 164 valence electrons. The maximum atomic E-state index is 13.0. The van der Waals surface area contributed by atoms with E-state index in [-0.39, 0.29) is 17.2 Å². The fourth-order valence-corrected chi connectivity index (χ4v) is 3.31. The number of amides is 1. The molecule has 0 saturated heterocycles. The molecule has 4 heterocycles. The number of hydrogen-bond acceptors (Lipinski definition) is 5. The van der Waals surface area contributed by atoms with Crippen LogP contribution in [0.5, 0.6) is 0 Å². The molecule has 10 heteroatoms. The first kappa shape index (κ1) is 20.4. The Bertz CT molecular complexity index is 1440. The molecule has 7 nitrogen and oxygen atoms in total. The highest BCUT2D eigenvalue weighted by Crippen LogP contribution is 2.30. The second-order valence-corrected chi connectivity index (χ2v) is 7.08. The van der Waals surface area contributed by atoms with Crippen LogP contribution in [-0.4, -0.2) is 25.7 Å². The number of alkyl halides is 3. The molecule has 33 heavy (non-hydrogen) atoms. The number of anilines is 1. The number of nitrogens with zero attached hydrogens (tertiary/aromatic N) is 4. The highest BCUT2D eigenvalue weighted by atomic mass is 19.4. The number of furan rings is 1. The van der Waals surface area contributed by atoms with Gasteiger partial charge in [-0.25, -0.2) is 14.6 Å². The summed E-state index contributed by atoms with van der Waals surface area (Å²) in [4.78, 5) is 20.1. The lowest BCUT2D eigenvalue weighted by Crippen LogP contribution is -2.10. The van der Waals surface area contributed by atoms with E-state index in [1.165, 1.54) is 29.3 Å². The van der Waals surface area contributed by atoms with Gasteiger partial charge in [0, 0.05) is 29.0 Å². The maximum absolute atomic E-state index is 13.0. The largest absolute Gasteiger partial charge is 0.459 e. The first-order valence-corrected chi connectivity index (χ1v) is 9.72. The number of hydrogen-bond donors (Lipinski definition) is 1. The predicted molar refractivity (Wildman–Crippen MR) is 114 cm³/mol. The summed E-state index contributed by atoms with van der Waals surface area (Å²) >= 11 is 0. The van der Waals surface area contributed by atoms with Crippen molar-refractivity contribution in [3.8, 4) is 16.9 Å². The van der Waals surface area contributed by atoms with E-state index in [0.717, 1.165) is 17.2 Å². The van der Waals surface area contributed by atoms with Crippen LogP contribution in [0.15, 0.2) is 83.9 Å². The lowest BCUT2D eigenvalue weighted by molar-refractivity contribution is -0.140. The van der Waals surface area contributed by atoms with Gasteiger partial charge in [0.25, 0.3) is 5.91 Å². The van der Waals surface area contributed by atoms with Crippen molar-refractivity contribution in [1.29, 1.82) is 0 Å². The van der Waals surface area contributed by atoms with Crippen LogP contribution in [0.1, 0.15) is 16.2 Å². The van der Waals surface area contributed by atoms with Crippen LogP contribution >= 0.6 is 0 Å². The highest BCUT2D eigenvalue weighted by Gasteiger charge is 2.32. The molecule has 0 aliphatic carbocycles. The van der Waals surface area contributed by atoms with Gasteiger partial charge in [-0.05, 0) is 48.0 Å². The average molecular weight is 449 g/mol. The molecule has 0 spiro atoms. The molecular weight excluding hydrogens is 435 g/mol. The number of benzene rings is 1. The van der Waals surface area contributed by atoms with Gasteiger partial charge in [-0.2, -0.15) is 18.3 Å². The zero-order valence-corrected chi connectivity index (χ0v) is 16.7. The van der Waals surface area contributed by atoms with Gasteiger partial charge in [0.15, 0.2) is 11.6 Å². The van der Waals surface area contributed by atoms with Crippen molar-refractivity contribution < 1.29 is 22.4 Å². The standard InChI is InChI=1S/C23H14F3N5O2/c24-23(25,26)20-8-7-17-18(30-20)9-10-27-21(17)31-13-15(12-28-31)14-3-5-16(6-4-14)29-22(32)19-2-1-11-33-19/h1-13H,(H,29,32). The normalized spacial score (nSPS) is 11.6. The number of halogens is 3. The van der Waals surface area contributed by atoms with Crippen molar-refractivity contribution >= 4 is 22.5 Å². The van der Waals surface area contributed by atoms with Gasteiger partial charge in [0.05, 0.1) is 18.0 Å². The van der Waals surface area contributed by atoms with Gasteiger partial charge in [-0.3, -0.25) is 4.79 Å². The molecule has 1 aromatic carbocycles. The average Bonchev–Trinajstić information content (AvgIpc) is 3.51. The summed E-state index contributed by atoms with van der Waals surface area (Å²) in [5.74, 6) is 0.215.